The topological polar surface area (TPSA) is 0 Å². The van der Waals surface area contributed by atoms with E-state index in [4.69, 9.17) is 0 Å². The van der Waals surface area contributed by atoms with E-state index in [1.54, 1.807) is 11.1 Å². The highest BCUT2D eigenvalue weighted by molar-refractivity contribution is 5.37. The van der Waals surface area contributed by atoms with Crippen LogP contribution in [0.5, 0.6) is 0 Å². The lowest BCUT2D eigenvalue weighted by atomic mass is 9.72. The summed E-state index contributed by atoms with van der Waals surface area (Å²) in [6, 6.07) is 0. The summed E-state index contributed by atoms with van der Waals surface area (Å²) in [4.78, 5) is 0. The molecular weight excluding hydrogens is 480 g/mol. The minimum atomic E-state index is 0.271. The van der Waals surface area contributed by atoms with Crippen molar-refractivity contribution in [1.82, 2.24) is 0 Å². The Morgan fingerprint density at radius 1 is 0.750 bits per heavy atom. The number of allylic oxidation sites excluding steroid dienone is 18. The molecule has 0 nitrogen and oxygen atoms in total. The fraction of sp³-hybridized carbons (Fsp3) is 0.500. The highest BCUT2D eigenvalue weighted by Gasteiger charge is 2.27. The highest BCUT2D eigenvalue weighted by Crippen LogP contribution is 2.41. The molecule has 0 heterocycles. The molecule has 2 aliphatic carbocycles. The van der Waals surface area contributed by atoms with Gasteiger partial charge in [0.1, 0.15) is 0 Å². The van der Waals surface area contributed by atoms with E-state index in [1.807, 2.05) is 0 Å². The lowest BCUT2D eigenvalue weighted by Gasteiger charge is -2.33. The third kappa shape index (κ3) is 11.4. The summed E-state index contributed by atoms with van der Waals surface area (Å²) in [5, 5.41) is 0. The van der Waals surface area contributed by atoms with Gasteiger partial charge in [-0.3, -0.25) is 0 Å². The molecule has 0 spiro atoms. The van der Waals surface area contributed by atoms with Crippen LogP contribution in [0.1, 0.15) is 114 Å². The van der Waals surface area contributed by atoms with Crippen molar-refractivity contribution in [3.63, 3.8) is 0 Å². The smallest absolute Gasteiger partial charge is 0.0357 e. The van der Waals surface area contributed by atoms with Gasteiger partial charge in [-0.05, 0) is 102 Å². The van der Waals surface area contributed by atoms with E-state index < -0.39 is 0 Å². The van der Waals surface area contributed by atoms with Crippen molar-refractivity contribution >= 4 is 0 Å². The number of hydrogen-bond donors (Lipinski definition) is 0. The van der Waals surface area contributed by atoms with Crippen molar-refractivity contribution in [3.8, 4) is 11.8 Å². The van der Waals surface area contributed by atoms with E-state index in [0.29, 0.717) is 5.41 Å². The molecule has 2 rings (SSSR count). The standard InChI is InChI=1S/C40H56/c1-31(19-13-21-33(3)25-27-37-35(5)23-15-29-39(37,7)8)17-11-12-18-32(2)20-14-22-34(4)26-28-38-36(6)24-16-30-40(38,9)10/h11-13,17-19,21,25-28,34H,15-16,20,23-24,29-30H2,1-10H3/b12-11+,19-13+,27-25+,28-26+,31-17+,32-18+,33-21+. The Morgan fingerprint density at radius 2 is 1.27 bits per heavy atom. The van der Waals surface area contributed by atoms with E-state index in [2.05, 4.69) is 148 Å². The van der Waals surface area contributed by atoms with Gasteiger partial charge < -0.3 is 0 Å². The Kier molecular flexibility index (Phi) is 13.3. The Bertz CT molecular complexity index is 1210. The van der Waals surface area contributed by atoms with Gasteiger partial charge in [-0.25, -0.2) is 0 Å². The molecule has 0 bridgehead atoms. The van der Waals surface area contributed by atoms with Crippen molar-refractivity contribution in [2.75, 3.05) is 0 Å². The molecule has 0 amide bonds. The second-order valence-electron chi connectivity index (χ2n) is 13.4. The normalized spacial score (nSPS) is 21.7. The molecule has 40 heavy (non-hydrogen) atoms. The summed E-state index contributed by atoms with van der Waals surface area (Å²) in [6.45, 7) is 22.7. The van der Waals surface area contributed by atoms with Crippen LogP contribution in [0, 0.1) is 28.6 Å². The lowest BCUT2D eigenvalue weighted by Crippen LogP contribution is -2.19. The van der Waals surface area contributed by atoms with Crippen molar-refractivity contribution in [1.29, 1.82) is 0 Å². The Hall–Kier alpha value is -2.78. The maximum absolute atomic E-state index is 3.41. The highest BCUT2D eigenvalue weighted by atomic mass is 14.3. The summed E-state index contributed by atoms with van der Waals surface area (Å²) in [6.07, 6.45) is 32.7. The molecule has 0 aromatic rings. The monoisotopic (exact) mass is 536 g/mol. The van der Waals surface area contributed by atoms with Crippen LogP contribution in [-0.4, -0.2) is 0 Å². The largest absolute Gasteiger partial charge is 0.0983 e. The van der Waals surface area contributed by atoms with E-state index in [-0.39, 0.29) is 11.3 Å². The van der Waals surface area contributed by atoms with Crippen LogP contribution in [-0.2, 0) is 0 Å². The third-order valence-corrected chi connectivity index (χ3v) is 8.42. The van der Waals surface area contributed by atoms with Crippen LogP contribution < -0.4 is 0 Å². The summed E-state index contributed by atoms with van der Waals surface area (Å²) in [5.41, 5.74) is 10.5. The van der Waals surface area contributed by atoms with Gasteiger partial charge in [0, 0.05) is 12.3 Å². The molecule has 1 atom stereocenters. The van der Waals surface area contributed by atoms with Gasteiger partial charge in [-0.2, -0.15) is 0 Å². The molecular formula is C40H56. The van der Waals surface area contributed by atoms with Crippen LogP contribution in [0.25, 0.3) is 0 Å². The first-order valence-electron chi connectivity index (χ1n) is 15.4. The van der Waals surface area contributed by atoms with Gasteiger partial charge in [0.2, 0.25) is 0 Å². The van der Waals surface area contributed by atoms with Gasteiger partial charge in [0.25, 0.3) is 0 Å². The van der Waals surface area contributed by atoms with Crippen LogP contribution in [0.15, 0.2) is 106 Å². The minimum Gasteiger partial charge on any atom is -0.0983 e. The predicted molar refractivity (Wildman–Crippen MR) is 180 cm³/mol. The summed E-state index contributed by atoms with van der Waals surface area (Å²) in [5.74, 6) is 7.05. The van der Waals surface area contributed by atoms with E-state index in [1.165, 1.54) is 66.4 Å². The van der Waals surface area contributed by atoms with E-state index >= 15 is 0 Å². The molecule has 216 valence electrons. The first-order valence-corrected chi connectivity index (χ1v) is 15.4. The molecule has 0 aromatic carbocycles. The third-order valence-electron chi connectivity index (χ3n) is 8.42. The number of rotatable bonds is 9. The zero-order valence-electron chi connectivity index (χ0n) is 27.4. The fourth-order valence-corrected chi connectivity index (χ4v) is 5.82. The fourth-order valence-electron chi connectivity index (χ4n) is 5.82. The molecule has 0 aromatic heterocycles. The second-order valence-corrected chi connectivity index (χ2v) is 13.4. The van der Waals surface area contributed by atoms with Crippen LogP contribution in [0.3, 0.4) is 0 Å². The van der Waals surface area contributed by atoms with Crippen molar-refractivity contribution in [2.45, 2.75) is 114 Å². The first kappa shape index (κ1) is 33.4. The molecule has 0 saturated carbocycles. The Labute approximate surface area is 248 Å². The van der Waals surface area contributed by atoms with Crippen LogP contribution >= 0.6 is 0 Å². The average Bonchev–Trinajstić information content (AvgIpc) is 2.85. The average molecular weight is 537 g/mol. The summed E-state index contributed by atoms with van der Waals surface area (Å²) >= 11 is 0. The van der Waals surface area contributed by atoms with Crippen molar-refractivity contribution in [3.05, 3.63) is 106 Å². The SMILES string of the molecule is CC1=C(/C=C/C(C)=C/C=C/C(C)=C/C=C/C=C(\C)CC#CC(C)/C=C/C2=C(C)CCCC2(C)C)C(C)(C)CCC1. The first-order chi connectivity index (χ1) is 18.8. The molecule has 1 unspecified atom stereocenters. The van der Waals surface area contributed by atoms with Crippen LogP contribution in [0.4, 0.5) is 0 Å². The maximum Gasteiger partial charge on any atom is 0.0357 e. The van der Waals surface area contributed by atoms with Crippen LogP contribution in [0.2, 0.25) is 0 Å². The zero-order chi connectivity index (χ0) is 29.8. The van der Waals surface area contributed by atoms with Gasteiger partial charge in [0.05, 0.1) is 0 Å². The van der Waals surface area contributed by atoms with Gasteiger partial charge >= 0.3 is 0 Å². The second kappa shape index (κ2) is 15.9. The molecule has 0 aliphatic heterocycles. The molecule has 0 heteroatoms. The quantitative estimate of drug-likeness (QED) is 0.203. The van der Waals surface area contributed by atoms with Gasteiger partial charge in [0.15, 0.2) is 0 Å². The zero-order valence-corrected chi connectivity index (χ0v) is 27.4. The summed E-state index contributed by atoms with van der Waals surface area (Å²) < 4.78 is 0. The predicted octanol–water partition coefficient (Wildman–Crippen LogP) is 12.1. The maximum atomic E-state index is 3.41. The van der Waals surface area contributed by atoms with Gasteiger partial charge in [-0.15, -0.1) is 0 Å². The van der Waals surface area contributed by atoms with Gasteiger partial charge in [-0.1, -0.05) is 134 Å². The molecule has 0 radical (unpaired) electrons. The molecule has 0 saturated heterocycles. The lowest BCUT2D eigenvalue weighted by molar-refractivity contribution is 0.376. The Morgan fingerprint density at radius 3 is 1.88 bits per heavy atom. The summed E-state index contributed by atoms with van der Waals surface area (Å²) in [7, 11) is 0. The van der Waals surface area contributed by atoms with E-state index in [9.17, 15) is 0 Å². The van der Waals surface area contributed by atoms with Crippen molar-refractivity contribution < 1.29 is 0 Å². The minimum absolute atomic E-state index is 0.271. The molecule has 0 fully saturated rings. The molecule has 0 N–H and O–H groups in total. The number of hydrogen-bond acceptors (Lipinski definition) is 0. The van der Waals surface area contributed by atoms with Crippen molar-refractivity contribution in [2.24, 2.45) is 16.7 Å². The Balaban J connectivity index is 1.85. The molecule has 2 aliphatic rings. The van der Waals surface area contributed by atoms with E-state index in [0.717, 1.165) is 6.42 Å².